The number of nitrogens with zero attached hydrogens (tertiary/aromatic N) is 4. The van der Waals surface area contributed by atoms with Gasteiger partial charge in [0, 0.05) is 4.92 Å². The maximum atomic E-state index is 11.3. The summed E-state index contributed by atoms with van der Waals surface area (Å²) >= 11 is 0. The monoisotopic (exact) mass is 336 g/mol. The third kappa shape index (κ3) is 2.79. The van der Waals surface area contributed by atoms with Crippen LogP contribution in [0.1, 0.15) is 12.0 Å². The quantitative estimate of drug-likeness (QED) is 0.574. The number of allylic oxidation sites excluding steroid dienone is 1. The first kappa shape index (κ1) is 16.7. The number of benzene rings is 1. The number of hydrogen-bond acceptors (Lipinski definition) is 8. The molecule has 0 heterocycles. The predicted molar refractivity (Wildman–Crippen MR) is 76.8 cm³/mol. The fraction of sp³-hybridized carbons (Fsp3) is 0.167. The molecule has 0 N–H and O–H groups in total. The van der Waals surface area contributed by atoms with Crippen molar-refractivity contribution in [1.82, 2.24) is 0 Å². The summed E-state index contributed by atoms with van der Waals surface area (Å²) in [4.78, 5) is 40.5. The average Bonchev–Trinajstić information content (AvgIpc) is 2.52. The molecule has 124 valence electrons. The Morgan fingerprint density at radius 3 is 1.83 bits per heavy atom. The van der Waals surface area contributed by atoms with Crippen LogP contribution >= 0.6 is 0 Å². The number of hydrogen-bond donors (Lipinski definition) is 0. The third-order valence-corrected chi connectivity index (χ3v) is 3.39. The van der Waals surface area contributed by atoms with Crippen LogP contribution < -0.4 is 0 Å². The van der Waals surface area contributed by atoms with Gasteiger partial charge in [0.15, 0.2) is 0 Å². The Balaban J connectivity index is 2.94. The average molecular weight is 336 g/mol. The SMILES string of the molecule is O=[N+]([O-])C1=C([N+](=O)[O-])C(c2ccccc2)=C([N+](=O)[O-])C([N+](=O)[O-])C1. The van der Waals surface area contributed by atoms with Gasteiger partial charge in [-0.05, 0) is 5.56 Å². The Labute approximate surface area is 132 Å². The second-order valence-corrected chi connectivity index (χ2v) is 4.70. The molecule has 1 atom stereocenters. The normalized spacial score (nSPS) is 17.6. The molecule has 1 aliphatic carbocycles. The van der Waals surface area contributed by atoms with E-state index >= 15 is 0 Å². The number of rotatable bonds is 5. The van der Waals surface area contributed by atoms with E-state index in [4.69, 9.17) is 0 Å². The van der Waals surface area contributed by atoms with E-state index in [-0.39, 0.29) is 5.56 Å². The fourth-order valence-electron chi connectivity index (χ4n) is 2.44. The summed E-state index contributed by atoms with van der Waals surface area (Å²) in [5.74, 6) is 0. The Hall–Kier alpha value is -3.70. The molecule has 0 fully saturated rings. The van der Waals surface area contributed by atoms with E-state index in [1.54, 1.807) is 0 Å². The van der Waals surface area contributed by atoms with E-state index in [0.717, 1.165) is 0 Å². The van der Waals surface area contributed by atoms with Gasteiger partial charge in [0.1, 0.15) is 12.0 Å². The molecule has 0 saturated heterocycles. The zero-order chi connectivity index (χ0) is 18.0. The molecule has 24 heavy (non-hydrogen) atoms. The lowest BCUT2D eigenvalue weighted by Crippen LogP contribution is -2.34. The highest BCUT2D eigenvalue weighted by Gasteiger charge is 2.53. The lowest BCUT2D eigenvalue weighted by Gasteiger charge is -2.15. The highest BCUT2D eigenvalue weighted by atomic mass is 16.7. The van der Waals surface area contributed by atoms with Gasteiger partial charge in [-0.15, -0.1) is 0 Å². The van der Waals surface area contributed by atoms with E-state index < -0.39 is 54.8 Å². The van der Waals surface area contributed by atoms with E-state index in [2.05, 4.69) is 0 Å². The van der Waals surface area contributed by atoms with Crippen LogP contribution in [0.3, 0.4) is 0 Å². The van der Waals surface area contributed by atoms with Gasteiger partial charge in [-0.2, -0.15) is 0 Å². The second kappa shape index (κ2) is 6.20. The van der Waals surface area contributed by atoms with Crippen LogP contribution in [0.25, 0.3) is 5.57 Å². The van der Waals surface area contributed by atoms with E-state index in [9.17, 15) is 40.5 Å². The molecular weight excluding hydrogens is 328 g/mol. The molecule has 0 spiro atoms. The van der Waals surface area contributed by atoms with Crippen molar-refractivity contribution in [1.29, 1.82) is 0 Å². The molecular formula is C12H8N4O8. The van der Waals surface area contributed by atoms with Crippen molar-refractivity contribution in [2.45, 2.75) is 12.5 Å². The molecule has 1 aromatic rings. The minimum absolute atomic E-state index is 0.0817. The summed E-state index contributed by atoms with van der Waals surface area (Å²) in [6, 6.07) is 4.77. The van der Waals surface area contributed by atoms with Crippen LogP contribution in [0.5, 0.6) is 0 Å². The zero-order valence-electron chi connectivity index (χ0n) is 11.7. The third-order valence-electron chi connectivity index (χ3n) is 3.39. The first-order valence-electron chi connectivity index (χ1n) is 6.35. The summed E-state index contributed by atoms with van der Waals surface area (Å²) in [5.41, 5.74) is -3.97. The number of nitro groups is 4. The van der Waals surface area contributed by atoms with Crippen molar-refractivity contribution in [3.8, 4) is 0 Å². The van der Waals surface area contributed by atoms with Crippen molar-refractivity contribution in [3.05, 3.63) is 93.4 Å². The van der Waals surface area contributed by atoms with E-state index in [1.807, 2.05) is 0 Å². The van der Waals surface area contributed by atoms with Crippen molar-refractivity contribution in [2.24, 2.45) is 0 Å². The van der Waals surface area contributed by atoms with Crippen molar-refractivity contribution < 1.29 is 19.7 Å². The first-order chi connectivity index (χ1) is 11.3. The minimum Gasteiger partial charge on any atom is -0.264 e. The van der Waals surface area contributed by atoms with E-state index in [1.165, 1.54) is 30.3 Å². The summed E-state index contributed by atoms with van der Waals surface area (Å²) < 4.78 is 0. The molecule has 1 unspecified atom stereocenters. The fourth-order valence-corrected chi connectivity index (χ4v) is 2.44. The van der Waals surface area contributed by atoms with Crippen LogP contribution in [0.2, 0.25) is 0 Å². The lowest BCUT2D eigenvalue weighted by molar-refractivity contribution is -0.563. The maximum absolute atomic E-state index is 11.3. The van der Waals surface area contributed by atoms with Crippen LogP contribution in [0, 0.1) is 40.5 Å². The Morgan fingerprint density at radius 2 is 1.42 bits per heavy atom. The summed E-state index contributed by atoms with van der Waals surface area (Å²) in [6.07, 6.45) is -1.04. The van der Waals surface area contributed by atoms with Gasteiger partial charge in [0.2, 0.25) is 0 Å². The van der Waals surface area contributed by atoms with Crippen molar-refractivity contribution in [3.63, 3.8) is 0 Å². The second-order valence-electron chi connectivity index (χ2n) is 4.70. The molecule has 0 saturated carbocycles. The molecule has 1 aliphatic rings. The van der Waals surface area contributed by atoms with Crippen molar-refractivity contribution >= 4 is 5.57 Å². The summed E-state index contributed by atoms with van der Waals surface area (Å²) in [6.45, 7) is 0. The van der Waals surface area contributed by atoms with Gasteiger partial charge < -0.3 is 0 Å². The predicted octanol–water partition coefficient (Wildman–Crippen LogP) is 1.49. The van der Waals surface area contributed by atoms with Gasteiger partial charge in [-0.25, -0.2) is 0 Å². The first-order valence-corrected chi connectivity index (χ1v) is 6.35. The lowest BCUT2D eigenvalue weighted by atomic mass is 9.89. The molecule has 0 amide bonds. The maximum Gasteiger partial charge on any atom is 0.356 e. The van der Waals surface area contributed by atoms with Gasteiger partial charge >= 0.3 is 23.1 Å². The van der Waals surface area contributed by atoms with Crippen LogP contribution in [-0.4, -0.2) is 25.7 Å². The molecule has 0 aromatic heterocycles. The van der Waals surface area contributed by atoms with Gasteiger partial charge in [0.25, 0.3) is 0 Å². The van der Waals surface area contributed by atoms with Crippen LogP contribution in [0.15, 0.2) is 47.4 Å². The highest BCUT2D eigenvalue weighted by molar-refractivity contribution is 5.80. The Bertz CT molecular complexity index is 814. The molecule has 12 heteroatoms. The topological polar surface area (TPSA) is 173 Å². The minimum atomic E-state index is -2.06. The van der Waals surface area contributed by atoms with E-state index in [0.29, 0.717) is 0 Å². The molecule has 0 radical (unpaired) electrons. The molecule has 0 bridgehead atoms. The zero-order valence-corrected chi connectivity index (χ0v) is 11.7. The summed E-state index contributed by atoms with van der Waals surface area (Å²) in [5, 5.41) is 44.9. The van der Waals surface area contributed by atoms with Crippen LogP contribution in [-0.2, 0) is 0 Å². The molecule has 12 nitrogen and oxygen atoms in total. The standard InChI is InChI=1S/C12H8N4O8/c17-13(18)8-6-9(14(19)20)12(16(23)24)10(11(8)15(21)22)7-4-2-1-3-5-7/h1-5,8H,6H2. The van der Waals surface area contributed by atoms with Gasteiger partial charge in [-0.1, -0.05) is 30.3 Å². The summed E-state index contributed by atoms with van der Waals surface area (Å²) in [7, 11) is 0. The van der Waals surface area contributed by atoms with Gasteiger partial charge in [0.05, 0.1) is 14.8 Å². The largest absolute Gasteiger partial charge is 0.356 e. The smallest absolute Gasteiger partial charge is 0.264 e. The molecule has 1 aromatic carbocycles. The van der Waals surface area contributed by atoms with Crippen LogP contribution in [0.4, 0.5) is 0 Å². The highest BCUT2D eigenvalue weighted by Crippen LogP contribution is 2.38. The van der Waals surface area contributed by atoms with Crippen molar-refractivity contribution in [2.75, 3.05) is 0 Å². The molecule has 0 aliphatic heterocycles. The Morgan fingerprint density at radius 1 is 0.833 bits per heavy atom. The molecule has 2 rings (SSSR count). The van der Waals surface area contributed by atoms with Gasteiger partial charge in [-0.3, -0.25) is 40.5 Å². The Kier molecular flexibility index (Phi) is 4.30.